The van der Waals surface area contributed by atoms with Crippen LogP contribution in [0.2, 0.25) is 0 Å². The molecule has 2 aromatic carbocycles. The summed E-state index contributed by atoms with van der Waals surface area (Å²) in [5, 5.41) is 1.60. The highest BCUT2D eigenvalue weighted by atomic mass is 32.1. The first-order valence-electron chi connectivity index (χ1n) is 4.62. The highest BCUT2D eigenvalue weighted by Crippen LogP contribution is 2.36. The van der Waals surface area contributed by atoms with E-state index in [1.165, 1.54) is 0 Å². The standard InChI is InChI=1S/C12H8FNS/c13-12-8(14)5-6-10-11(12)7-3-1-2-4-9(7)15-10/h1-6H,14H2. The van der Waals surface area contributed by atoms with Gasteiger partial charge in [-0.15, -0.1) is 11.3 Å². The number of thiophene rings is 1. The molecule has 3 heteroatoms. The van der Waals surface area contributed by atoms with Gasteiger partial charge in [0.15, 0.2) is 5.82 Å². The summed E-state index contributed by atoms with van der Waals surface area (Å²) in [6.07, 6.45) is 0. The van der Waals surface area contributed by atoms with Crippen LogP contribution in [0.3, 0.4) is 0 Å². The van der Waals surface area contributed by atoms with Gasteiger partial charge in [0, 0.05) is 20.2 Å². The van der Waals surface area contributed by atoms with Crippen LogP contribution in [0.25, 0.3) is 20.2 Å². The maximum absolute atomic E-state index is 13.8. The molecule has 3 aromatic rings. The first-order chi connectivity index (χ1) is 7.27. The number of nitrogen functional groups attached to an aromatic ring is 1. The Morgan fingerprint density at radius 1 is 1.00 bits per heavy atom. The van der Waals surface area contributed by atoms with E-state index >= 15 is 0 Å². The van der Waals surface area contributed by atoms with Crippen LogP contribution >= 0.6 is 11.3 Å². The van der Waals surface area contributed by atoms with Crippen LogP contribution in [0.5, 0.6) is 0 Å². The first kappa shape index (κ1) is 8.68. The molecule has 2 N–H and O–H groups in total. The molecule has 0 fully saturated rings. The van der Waals surface area contributed by atoms with Gasteiger partial charge in [-0.1, -0.05) is 18.2 Å². The number of anilines is 1. The molecule has 3 rings (SSSR count). The fourth-order valence-electron chi connectivity index (χ4n) is 1.79. The summed E-state index contributed by atoms with van der Waals surface area (Å²) < 4.78 is 15.9. The van der Waals surface area contributed by atoms with E-state index in [2.05, 4.69) is 0 Å². The van der Waals surface area contributed by atoms with Crippen molar-refractivity contribution in [2.75, 3.05) is 5.73 Å². The van der Waals surface area contributed by atoms with Gasteiger partial charge in [-0.3, -0.25) is 0 Å². The van der Waals surface area contributed by atoms with Crippen molar-refractivity contribution in [3.63, 3.8) is 0 Å². The van der Waals surface area contributed by atoms with Gasteiger partial charge in [0.25, 0.3) is 0 Å². The molecule has 0 radical (unpaired) electrons. The zero-order valence-corrected chi connectivity index (χ0v) is 8.64. The van der Waals surface area contributed by atoms with Crippen molar-refractivity contribution in [2.24, 2.45) is 0 Å². The number of nitrogens with two attached hydrogens (primary N) is 1. The summed E-state index contributed by atoms with van der Waals surface area (Å²) in [4.78, 5) is 0. The van der Waals surface area contributed by atoms with Crippen LogP contribution in [0.4, 0.5) is 10.1 Å². The Hall–Kier alpha value is -1.61. The van der Waals surface area contributed by atoms with Crippen molar-refractivity contribution in [3.05, 3.63) is 42.2 Å². The SMILES string of the molecule is Nc1ccc2sc3ccccc3c2c1F. The second-order valence-electron chi connectivity index (χ2n) is 3.44. The van der Waals surface area contributed by atoms with Crippen molar-refractivity contribution < 1.29 is 4.39 Å². The molecular weight excluding hydrogens is 209 g/mol. The highest BCUT2D eigenvalue weighted by Gasteiger charge is 2.10. The molecule has 0 saturated heterocycles. The quantitative estimate of drug-likeness (QED) is 0.570. The van der Waals surface area contributed by atoms with E-state index < -0.39 is 0 Å². The van der Waals surface area contributed by atoms with E-state index in [1.54, 1.807) is 17.4 Å². The smallest absolute Gasteiger partial charge is 0.155 e. The summed E-state index contributed by atoms with van der Waals surface area (Å²) in [5.41, 5.74) is 5.78. The molecule has 1 nitrogen and oxygen atoms in total. The molecule has 0 atom stereocenters. The van der Waals surface area contributed by atoms with Gasteiger partial charge in [0.1, 0.15) is 0 Å². The molecule has 0 bridgehead atoms. The van der Waals surface area contributed by atoms with Crippen molar-refractivity contribution in [2.45, 2.75) is 0 Å². The maximum atomic E-state index is 13.8. The zero-order chi connectivity index (χ0) is 10.4. The van der Waals surface area contributed by atoms with Gasteiger partial charge in [-0.25, -0.2) is 4.39 Å². The number of benzene rings is 2. The lowest BCUT2D eigenvalue weighted by Crippen LogP contribution is -1.89. The van der Waals surface area contributed by atoms with E-state index in [0.29, 0.717) is 5.39 Å². The monoisotopic (exact) mass is 217 g/mol. The van der Waals surface area contributed by atoms with E-state index in [-0.39, 0.29) is 11.5 Å². The second kappa shape index (κ2) is 2.94. The predicted octanol–water partition coefficient (Wildman–Crippen LogP) is 3.78. The summed E-state index contributed by atoms with van der Waals surface area (Å²) in [7, 11) is 0. The third-order valence-electron chi connectivity index (χ3n) is 2.51. The van der Waals surface area contributed by atoms with Gasteiger partial charge >= 0.3 is 0 Å². The Balaban J connectivity index is 2.63. The topological polar surface area (TPSA) is 26.0 Å². The normalized spacial score (nSPS) is 11.3. The van der Waals surface area contributed by atoms with Gasteiger partial charge in [0.2, 0.25) is 0 Å². The van der Waals surface area contributed by atoms with Crippen LogP contribution < -0.4 is 5.73 Å². The van der Waals surface area contributed by atoms with Crippen LogP contribution in [-0.2, 0) is 0 Å². The molecule has 0 amide bonds. The molecular formula is C12H8FNS. The van der Waals surface area contributed by atoms with E-state index in [1.807, 2.05) is 30.3 Å². The van der Waals surface area contributed by atoms with Crippen LogP contribution in [0.1, 0.15) is 0 Å². The van der Waals surface area contributed by atoms with Crippen molar-refractivity contribution >= 4 is 37.2 Å². The van der Waals surface area contributed by atoms with Crippen molar-refractivity contribution in [1.82, 2.24) is 0 Å². The second-order valence-corrected chi connectivity index (χ2v) is 4.52. The third-order valence-corrected chi connectivity index (χ3v) is 3.65. The van der Waals surface area contributed by atoms with Gasteiger partial charge in [0.05, 0.1) is 5.69 Å². The summed E-state index contributed by atoms with van der Waals surface area (Å²) in [6, 6.07) is 11.3. The van der Waals surface area contributed by atoms with Gasteiger partial charge in [-0.2, -0.15) is 0 Å². The Morgan fingerprint density at radius 3 is 2.67 bits per heavy atom. The first-order valence-corrected chi connectivity index (χ1v) is 5.44. The number of fused-ring (bicyclic) bond motifs is 3. The minimum Gasteiger partial charge on any atom is -0.396 e. The fourth-order valence-corrected chi connectivity index (χ4v) is 2.89. The Morgan fingerprint density at radius 2 is 1.80 bits per heavy atom. The minimum atomic E-state index is -0.301. The lowest BCUT2D eigenvalue weighted by atomic mass is 10.1. The lowest BCUT2D eigenvalue weighted by molar-refractivity contribution is 0.645. The van der Waals surface area contributed by atoms with E-state index in [4.69, 9.17) is 5.73 Å². The molecule has 74 valence electrons. The molecule has 1 heterocycles. The minimum absolute atomic E-state index is 0.214. The molecule has 0 aliphatic heterocycles. The molecule has 0 spiro atoms. The van der Waals surface area contributed by atoms with Crippen LogP contribution in [0, 0.1) is 5.82 Å². The molecule has 0 saturated carbocycles. The maximum Gasteiger partial charge on any atom is 0.155 e. The Labute approximate surface area is 89.9 Å². The molecule has 15 heavy (non-hydrogen) atoms. The number of hydrogen-bond donors (Lipinski definition) is 1. The number of rotatable bonds is 0. The van der Waals surface area contributed by atoms with E-state index in [9.17, 15) is 4.39 Å². The largest absolute Gasteiger partial charge is 0.396 e. The average molecular weight is 217 g/mol. The van der Waals surface area contributed by atoms with Crippen LogP contribution in [-0.4, -0.2) is 0 Å². The molecule has 1 aromatic heterocycles. The Bertz CT molecular complexity index is 657. The van der Waals surface area contributed by atoms with Gasteiger partial charge in [-0.05, 0) is 18.2 Å². The van der Waals surface area contributed by atoms with Crippen molar-refractivity contribution in [3.8, 4) is 0 Å². The Kier molecular flexibility index (Phi) is 1.70. The number of halogens is 1. The molecule has 0 aliphatic carbocycles. The lowest BCUT2D eigenvalue weighted by Gasteiger charge is -1.97. The van der Waals surface area contributed by atoms with E-state index in [0.717, 1.165) is 14.8 Å². The highest BCUT2D eigenvalue weighted by molar-refractivity contribution is 7.25. The zero-order valence-electron chi connectivity index (χ0n) is 7.83. The van der Waals surface area contributed by atoms with Crippen molar-refractivity contribution in [1.29, 1.82) is 0 Å². The summed E-state index contributed by atoms with van der Waals surface area (Å²) in [5.74, 6) is -0.301. The van der Waals surface area contributed by atoms with Gasteiger partial charge < -0.3 is 5.73 Å². The third kappa shape index (κ3) is 1.13. The summed E-state index contributed by atoms with van der Waals surface area (Å²) in [6.45, 7) is 0. The molecule has 0 unspecified atom stereocenters. The van der Waals surface area contributed by atoms with Crippen LogP contribution in [0.15, 0.2) is 36.4 Å². The molecule has 0 aliphatic rings. The summed E-state index contributed by atoms with van der Waals surface area (Å²) >= 11 is 1.59. The average Bonchev–Trinajstić information content (AvgIpc) is 2.62. The fraction of sp³-hybridized carbons (Fsp3) is 0. The predicted molar refractivity (Wildman–Crippen MR) is 63.7 cm³/mol. The number of hydrogen-bond acceptors (Lipinski definition) is 2.